The van der Waals surface area contributed by atoms with E-state index in [1.54, 1.807) is 21.2 Å². The van der Waals surface area contributed by atoms with Crippen LogP contribution in [0, 0.1) is 0 Å². The van der Waals surface area contributed by atoms with Gasteiger partial charge in [-0.15, -0.1) is 0 Å². The van der Waals surface area contributed by atoms with E-state index in [0.717, 1.165) is 45.3 Å². The van der Waals surface area contributed by atoms with Crippen molar-refractivity contribution >= 4 is 75.7 Å². The Kier molecular flexibility index (Phi) is 27.0. The second kappa shape index (κ2) is 33.9. The van der Waals surface area contributed by atoms with Gasteiger partial charge in [-0.1, -0.05) is 147 Å². The molecule has 0 amide bonds. The van der Waals surface area contributed by atoms with Gasteiger partial charge in [-0.05, 0) is 230 Å². The zero-order chi connectivity index (χ0) is 52.6. The standard InChI is InChI=1S/2C36H52NP2.2Ni/c2*1-5-17-29(18-6-1)38(30-19-7-2-8-20-30)35-27-15-13-25-33(35)37-34-26-14-16-28-36(34)39(31-21-9-3-10-22-31)32-23-11-4-12-24-32;;/h2*13-16,25-32H,1-12,17-24H2;;/q2*-1;;/p+6. The monoisotopic (exact) mass is 1240 g/mol. The Morgan fingerprint density at radius 2 is 0.350 bits per heavy atom. The summed E-state index contributed by atoms with van der Waals surface area (Å²) in [7, 11) is -2.52. The van der Waals surface area contributed by atoms with Gasteiger partial charge in [-0.25, -0.2) is 0 Å². The second-order valence-electron chi connectivity index (χ2n) is 26.8. The quantitative estimate of drug-likeness (QED) is 0.0790. The van der Waals surface area contributed by atoms with E-state index in [1.807, 2.05) is 0 Å². The van der Waals surface area contributed by atoms with Crippen LogP contribution in [0.5, 0.6) is 0 Å². The van der Waals surface area contributed by atoms with Crippen LogP contribution in [0.2, 0.25) is 0 Å². The molecule has 12 rings (SSSR count). The van der Waals surface area contributed by atoms with Crippen molar-refractivity contribution in [2.75, 3.05) is 0 Å². The van der Waals surface area contributed by atoms with Gasteiger partial charge in [0.1, 0.15) is 0 Å². The SMILES string of the molecule is [H+].[H+].[Ni].[Ni].c1ccc([PH+](C2CCCCC2)C2CCCCC2)c([N-]c2ccccc2[PH+](C2CCCCC2)C2CCCCC2)c1.c1ccc([PH+](C2CCCCC2)C2CCCCC2)c([N-]c2ccccc2[PH+](C2CCCCC2)C2CCCCC2)c1. The molecule has 8 aliphatic rings. The molecular formula is C72H110N2Ni2P4+4. The summed E-state index contributed by atoms with van der Waals surface area (Å²) >= 11 is 0. The minimum atomic E-state index is -0.630. The van der Waals surface area contributed by atoms with Crippen molar-refractivity contribution in [1.29, 1.82) is 0 Å². The predicted octanol–water partition coefficient (Wildman–Crippen LogP) is 22.3. The molecule has 0 spiro atoms. The average molecular weight is 1240 g/mol. The molecule has 80 heavy (non-hydrogen) atoms. The Morgan fingerprint density at radius 3 is 0.500 bits per heavy atom. The first kappa shape index (κ1) is 63.7. The Balaban J connectivity index is 0.000000225. The van der Waals surface area contributed by atoms with Crippen LogP contribution >= 0.6 is 31.7 Å². The van der Waals surface area contributed by atoms with E-state index < -0.39 is 31.7 Å². The van der Waals surface area contributed by atoms with Gasteiger partial charge in [0.2, 0.25) is 0 Å². The maximum atomic E-state index is 5.71. The van der Waals surface area contributed by atoms with Crippen LogP contribution in [0.25, 0.3) is 10.6 Å². The van der Waals surface area contributed by atoms with Crippen LogP contribution in [0.3, 0.4) is 0 Å². The fourth-order valence-corrected chi connectivity index (χ4v) is 35.2. The first-order valence-electron chi connectivity index (χ1n) is 34.0. The van der Waals surface area contributed by atoms with Crippen molar-refractivity contribution in [2.45, 2.75) is 302 Å². The summed E-state index contributed by atoms with van der Waals surface area (Å²) in [5.41, 5.74) is 13.1. The maximum absolute atomic E-state index is 5.71. The fraction of sp³-hybridized carbons (Fsp3) is 0.667. The molecule has 8 heteroatoms. The number of hydrogen-bond acceptors (Lipinski definition) is 0. The molecule has 8 fully saturated rings. The number of para-hydroxylation sites is 4. The van der Waals surface area contributed by atoms with Gasteiger partial charge in [-0.3, -0.25) is 0 Å². The Hall–Kier alpha value is -0.813. The van der Waals surface area contributed by atoms with Crippen LogP contribution in [-0.2, 0) is 33.0 Å². The molecule has 4 aromatic rings. The van der Waals surface area contributed by atoms with Crippen molar-refractivity contribution in [3.63, 3.8) is 0 Å². The molecule has 0 unspecified atom stereocenters. The third-order valence-corrected chi connectivity index (χ3v) is 37.5. The van der Waals surface area contributed by atoms with E-state index in [9.17, 15) is 0 Å². The van der Waals surface area contributed by atoms with Crippen molar-refractivity contribution in [1.82, 2.24) is 0 Å². The molecule has 0 heterocycles. The van der Waals surface area contributed by atoms with Crippen molar-refractivity contribution in [3.05, 3.63) is 108 Å². The summed E-state index contributed by atoms with van der Waals surface area (Å²) < 4.78 is 0. The first-order chi connectivity index (χ1) is 38.8. The first-order valence-corrected chi connectivity index (χ1v) is 40.7. The second-order valence-corrected chi connectivity index (χ2v) is 39.1. The van der Waals surface area contributed by atoms with Crippen molar-refractivity contribution in [3.8, 4) is 0 Å². The molecule has 0 saturated heterocycles. The van der Waals surface area contributed by atoms with Crippen molar-refractivity contribution < 1.29 is 35.8 Å². The molecule has 0 atom stereocenters. The topological polar surface area (TPSA) is 28.2 Å². The molecule has 0 aliphatic heterocycles. The van der Waals surface area contributed by atoms with E-state index in [2.05, 4.69) is 97.1 Å². The summed E-state index contributed by atoms with van der Waals surface area (Å²) in [6, 6.07) is 38.2. The van der Waals surface area contributed by atoms with Gasteiger partial charge in [0.05, 0.1) is 66.5 Å². The van der Waals surface area contributed by atoms with Gasteiger partial charge >= 0.3 is 2.85 Å². The molecule has 0 bridgehead atoms. The fourth-order valence-electron chi connectivity index (χ4n) is 17.9. The van der Waals surface area contributed by atoms with Crippen LogP contribution in [0.1, 0.15) is 260 Å². The van der Waals surface area contributed by atoms with E-state index in [4.69, 9.17) is 10.6 Å². The smallest absolute Gasteiger partial charge is 0.651 e. The average Bonchev–Trinajstić information content (AvgIpc) is 3.67. The summed E-state index contributed by atoms with van der Waals surface area (Å²) in [4.78, 5) is 0. The number of hydrogen-bond donors (Lipinski definition) is 0. The zero-order valence-electron chi connectivity index (χ0n) is 51.7. The van der Waals surface area contributed by atoms with E-state index in [-0.39, 0.29) is 35.8 Å². The molecule has 0 N–H and O–H groups in total. The Labute approximate surface area is 517 Å². The largest absolute Gasteiger partial charge is 1.00 e. The predicted molar refractivity (Wildman–Crippen MR) is 360 cm³/mol. The zero-order valence-corrected chi connectivity index (χ0v) is 55.6. The van der Waals surface area contributed by atoms with Crippen molar-refractivity contribution in [2.24, 2.45) is 0 Å². The molecule has 8 aliphatic carbocycles. The van der Waals surface area contributed by atoms with Gasteiger partial charge in [0.15, 0.2) is 0 Å². The number of benzene rings is 4. The van der Waals surface area contributed by atoms with E-state index in [1.165, 1.54) is 280 Å². The van der Waals surface area contributed by atoms with Gasteiger partial charge in [-0.2, -0.15) is 0 Å². The van der Waals surface area contributed by atoms with Crippen LogP contribution < -0.4 is 21.2 Å². The summed E-state index contributed by atoms with van der Waals surface area (Å²) in [6.07, 6.45) is 58.7. The van der Waals surface area contributed by atoms with E-state index in [0.29, 0.717) is 0 Å². The van der Waals surface area contributed by atoms with E-state index >= 15 is 0 Å². The summed E-state index contributed by atoms with van der Waals surface area (Å²) in [6.45, 7) is 0. The molecule has 0 aromatic heterocycles. The minimum absolute atomic E-state index is 0. The van der Waals surface area contributed by atoms with Gasteiger partial charge < -0.3 is 10.6 Å². The van der Waals surface area contributed by atoms with Crippen LogP contribution in [-0.4, -0.2) is 45.3 Å². The Morgan fingerprint density at radius 1 is 0.212 bits per heavy atom. The molecule has 2 nitrogen and oxygen atoms in total. The molecule has 8 saturated carbocycles. The normalized spacial score (nSPS) is 22.4. The molecule has 4 aromatic carbocycles. The van der Waals surface area contributed by atoms with Gasteiger partial charge in [0, 0.05) is 64.7 Å². The summed E-state index contributed by atoms with van der Waals surface area (Å²) in [5, 5.41) is 18.2. The number of nitrogens with zero attached hydrogens (tertiary/aromatic N) is 2. The maximum Gasteiger partial charge on any atom is 1.00 e. The number of rotatable bonds is 16. The third-order valence-electron chi connectivity index (χ3n) is 21.7. The van der Waals surface area contributed by atoms with Crippen LogP contribution in [0.15, 0.2) is 97.1 Å². The third kappa shape index (κ3) is 16.8. The van der Waals surface area contributed by atoms with Gasteiger partial charge in [0.25, 0.3) is 0 Å². The molecule has 0 radical (unpaired) electrons. The minimum Gasteiger partial charge on any atom is -0.651 e. The molecular weight excluding hydrogens is 1130 g/mol. The summed E-state index contributed by atoms with van der Waals surface area (Å²) in [5.74, 6) is 0. The Bertz CT molecular complexity index is 1980. The van der Waals surface area contributed by atoms with Crippen LogP contribution in [0.4, 0.5) is 22.7 Å². The molecule has 444 valence electrons.